The van der Waals surface area contributed by atoms with Crippen molar-refractivity contribution in [2.24, 2.45) is 0 Å². The van der Waals surface area contributed by atoms with Crippen LogP contribution in [0.15, 0.2) is 12.7 Å². The number of hydrogen-bond acceptors (Lipinski definition) is 3. The van der Waals surface area contributed by atoms with Crippen molar-refractivity contribution < 1.29 is 13.9 Å². The topological polar surface area (TPSA) is 38.7 Å². The molecule has 0 aliphatic carbocycles. The molecular formula is C6H14NaO3P. The Morgan fingerprint density at radius 1 is 1.55 bits per heavy atom. The maximum atomic E-state index is 8.88. The minimum absolute atomic E-state index is 0. The second-order valence-corrected chi connectivity index (χ2v) is 2.65. The van der Waals surface area contributed by atoms with Crippen molar-refractivity contribution in [1.29, 1.82) is 0 Å². The van der Waals surface area contributed by atoms with Crippen molar-refractivity contribution in [3.63, 3.8) is 0 Å². The zero-order chi connectivity index (χ0) is 7.82. The summed E-state index contributed by atoms with van der Waals surface area (Å²) >= 11 is 0. The molecular weight excluding hydrogens is 174 g/mol. The molecule has 1 N–H and O–H groups in total. The summed E-state index contributed by atoms with van der Waals surface area (Å²) in [6.45, 7) is 6.28. The SMILES string of the molecule is C=CCOP(O)OCCC.[NaH]. The van der Waals surface area contributed by atoms with Crippen LogP contribution >= 0.6 is 8.60 Å². The average Bonchev–Trinajstić information content (AvgIpc) is 1.97. The van der Waals surface area contributed by atoms with E-state index in [9.17, 15) is 0 Å². The summed E-state index contributed by atoms with van der Waals surface area (Å²) in [4.78, 5) is 8.88. The molecule has 0 aliphatic rings. The van der Waals surface area contributed by atoms with Gasteiger partial charge in [0.25, 0.3) is 0 Å². The molecule has 3 nitrogen and oxygen atoms in total. The number of hydrogen-bond donors (Lipinski definition) is 1. The van der Waals surface area contributed by atoms with Crippen LogP contribution in [0.1, 0.15) is 13.3 Å². The van der Waals surface area contributed by atoms with Gasteiger partial charge in [-0.2, -0.15) is 0 Å². The fraction of sp³-hybridized carbons (Fsp3) is 0.667. The van der Waals surface area contributed by atoms with Crippen LogP contribution in [-0.4, -0.2) is 47.7 Å². The fourth-order valence-corrected chi connectivity index (χ4v) is 0.969. The predicted octanol–water partition coefficient (Wildman–Crippen LogP) is 1.19. The zero-order valence-electron chi connectivity index (χ0n) is 6.12. The van der Waals surface area contributed by atoms with E-state index in [-0.39, 0.29) is 29.6 Å². The molecule has 62 valence electrons. The summed E-state index contributed by atoms with van der Waals surface area (Å²) in [5.74, 6) is 0. The Hall–Kier alpha value is 1.05. The molecule has 0 fully saturated rings. The molecule has 0 aromatic carbocycles. The molecule has 0 radical (unpaired) electrons. The van der Waals surface area contributed by atoms with Crippen LogP contribution in [0.25, 0.3) is 0 Å². The van der Waals surface area contributed by atoms with Gasteiger partial charge in [0.1, 0.15) is 0 Å². The molecule has 5 heteroatoms. The fourth-order valence-electron chi connectivity index (χ4n) is 0.323. The van der Waals surface area contributed by atoms with Gasteiger partial charge >= 0.3 is 38.2 Å². The molecule has 0 bridgehead atoms. The molecule has 0 aromatic heterocycles. The Morgan fingerprint density at radius 2 is 2.18 bits per heavy atom. The molecule has 0 heterocycles. The van der Waals surface area contributed by atoms with Crippen LogP contribution in [0, 0.1) is 0 Å². The Balaban J connectivity index is 0. The first-order valence-corrected chi connectivity index (χ1v) is 4.30. The van der Waals surface area contributed by atoms with Crippen molar-refractivity contribution in [1.82, 2.24) is 0 Å². The van der Waals surface area contributed by atoms with E-state index >= 15 is 0 Å². The molecule has 0 aromatic rings. The summed E-state index contributed by atoms with van der Waals surface area (Å²) in [7, 11) is -1.66. The van der Waals surface area contributed by atoms with Crippen LogP contribution < -0.4 is 0 Å². The van der Waals surface area contributed by atoms with E-state index in [0.717, 1.165) is 6.42 Å². The van der Waals surface area contributed by atoms with Crippen LogP contribution in [-0.2, 0) is 9.05 Å². The van der Waals surface area contributed by atoms with Gasteiger partial charge in [-0.1, -0.05) is 13.0 Å². The molecule has 1 atom stereocenters. The van der Waals surface area contributed by atoms with Gasteiger partial charge in [0.2, 0.25) is 0 Å². The van der Waals surface area contributed by atoms with Crippen molar-refractivity contribution >= 4 is 38.2 Å². The van der Waals surface area contributed by atoms with Crippen molar-refractivity contribution in [3.8, 4) is 0 Å². The van der Waals surface area contributed by atoms with Crippen LogP contribution in [0.3, 0.4) is 0 Å². The van der Waals surface area contributed by atoms with Gasteiger partial charge in [-0.05, 0) is 6.42 Å². The van der Waals surface area contributed by atoms with E-state index in [1.165, 1.54) is 0 Å². The van der Waals surface area contributed by atoms with Gasteiger partial charge in [-0.3, -0.25) is 0 Å². The van der Waals surface area contributed by atoms with Gasteiger partial charge in [0.15, 0.2) is 0 Å². The van der Waals surface area contributed by atoms with E-state index in [4.69, 9.17) is 13.9 Å². The van der Waals surface area contributed by atoms with E-state index in [1.54, 1.807) is 6.08 Å². The van der Waals surface area contributed by atoms with E-state index in [2.05, 4.69) is 6.58 Å². The first kappa shape index (κ1) is 14.6. The van der Waals surface area contributed by atoms with Crippen LogP contribution in [0.5, 0.6) is 0 Å². The molecule has 0 rings (SSSR count). The Morgan fingerprint density at radius 3 is 2.64 bits per heavy atom. The Bertz CT molecular complexity index is 91.9. The van der Waals surface area contributed by atoms with Crippen LogP contribution in [0.2, 0.25) is 0 Å². The van der Waals surface area contributed by atoms with Gasteiger partial charge in [-0.25, -0.2) is 0 Å². The molecule has 11 heavy (non-hydrogen) atoms. The van der Waals surface area contributed by atoms with E-state index in [0.29, 0.717) is 13.2 Å². The third-order valence-electron chi connectivity index (χ3n) is 0.709. The summed E-state index contributed by atoms with van der Waals surface area (Å²) in [5.41, 5.74) is 0. The van der Waals surface area contributed by atoms with Gasteiger partial charge in [0, 0.05) is 0 Å². The van der Waals surface area contributed by atoms with Gasteiger partial charge in [0.05, 0.1) is 13.2 Å². The third kappa shape index (κ3) is 11.0. The second-order valence-electron chi connectivity index (χ2n) is 1.66. The molecule has 0 amide bonds. The first-order chi connectivity index (χ1) is 4.81. The minimum atomic E-state index is -1.66. The predicted molar refractivity (Wildman–Crippen MR) is 48.7 cm³/mol. The Labute approximate surface area is 91.1 Å². The summed E-state index contributed by atoms with van der Waals surface area (Å²) < 4.78 is 9.62. The monoisotopic (exact) mass is 188 g/mol. The molecule has 1 unspecified atom stereocenters. The second kappa shape index (κ2) is 11.1. The molecule has 0 aliphatic heterocycles. The quantitative estimate of drug-likeness (QED) is 0.386. The average molecular weight is 188 g/mol. The summed E-state index contributed by atoms with van der Waals surface area (Å²) in [6.07, 6.45) is 2.46. The molecule has 0 spiro atoms. The van der Waals surface area contributed by atoms with Crippen molar-refractivity contribution in [3.05, 3.63) is 12.7 Å². The zero-order valence-corrected chi connectivity index (χ0v) is 7.01. The normalized spacial score (nSPS) is 11.8. The van der Waals surface area contributed by atoms with Crippen molar-refractivity contribution in [2.75, 3.05) is 13.2 Å². The van der Waals surface area contributed by atoms with Gasteiger partial charge < -0.3 is 13.9 Å². The van der Waals surface area contributed by atoms with Crippen molar-refractivity contribution in [2.45, 2.75) is 13.3 Å². The van der Waals surface area contributed by atoms with E-state index < -0.39 is 8.60 Å². The first-order valence-electron chi connectivity index (χ1n) is 3.17. The number of rotatable bonds is 6. The van der Waals surface area contributed by atoms with Crippen LogP contribution in [0.4, 0.5) is 0 Å². The molecule has 0 saturated carbocycles. The van der Waals surface area contributed by atoms with Gasteiger partial charge in [-0.15, -0.1) is 6.58 Å². The molecule has 0 saturated heterocycles. The summed E-state index contributed by atoms with van der Waals surface area (Å²) in [6, 6.07) is 0. The standard InChI is InChI=1S/C6H13O3P.Na.H/c1-3-5-8-10(7)9-6-4-2;;/h3,7H,1,4-6H2,2H3;;. The Kier molecular flexibility index (Phi) is 14.6. The maximum absolute atomic E-state index is 8.88. The summed E-state index contributed by atoms with van der Waals surface area (Å²) in [5, 5.41) is 0. The van der Waals surface area contributed by atoms with E-state index in [1.807, 2.05) is 6.92 Å². The third-order valence-corrected chi connectivity index (χ3v) is 1.48.